The Kier molecular flexibility index (Phi) is 6.54. The van der Waals surface area contributed by atoms with Gasteiger partial charge in [-0.3, -0.25) is 4.99 Å². The molecule has 1 N–H and O–H groups in total. The normalized spacial score (nSPS) is 14.4. The van der Waals surface area contributed by atoms with E-state index in [9.17, 15) is 0 Å². The van der Waals surface area contributed by atoms with E-state index >= 15 is 0 Å². The quantitative estimate of drug-likeness (QED) is 0.476. The van der Waals surface area contributed by atoms with Gasteiger partial charge in [0.1, 0.15) is 0 Å². The molecule has 0 saturated heterocycles. The van der Waals surface area contributed by atoms with Crippen molar-refractivity contribution in [1.82, 2.24) is 5.32 Å². The van der Waals surface area contributed by atoms with Crippen molar-refractivity contribution in [1.29, 1.82) is 0 Å². The molecule has 1 heterocycles. The number of para-hydroxylation sites is 1. The number of rotatable bonds is 7. The number of aliphatic imine (C=N–C) groups is 1. The Morgan fingerprint density at radius 3 is 2.95 bits per heavy atom. The van der Waals surface area contributed by atoms with Gasteiger partial charge in [0.05, 0.1) is 0 Å². The van der Waals surface area contributed by atoms with Crippen LogP contribution in [-0.2, 0) is 11.2 Å². The number of guanidine groups is 1. The van der Waals surface area contributed by atoms with E-state index in [0.717, 1.165) is 58.1 Å². The van der Waals surface area contributed by atoms with Gasteiger partial charge in [-0.2, -0.15) is 0 Å². The molecule has 21 heavy (non-hydrogen) atoms. The van der Waals surface area contributed by atoms with Crippen LogP contribution in [0.25, 0.3) is 0 Å². The van der Waals surface area contributed by atoms with Crippen molar-refractivity contribution in [2.75, 3.05) is 37.7 Å². The van der Waals surface area contributed by atoms with E-state index in [1.807, 2.05) is 6.92 Å². The molecule has 116 valence electrons. The number of unbranched alkanes of at least 4 members (excludes halogenated alkanes) is 1. The van der Waals surface area contributed by atoms with Crippen molar-refractivity contribution < 1.29 is 4.74 Å². The predicted octanol–water partition coefficient (Wildman–Crippen LogP) is 2.83. The highest BCUT2D eigenvalue weighted by Crippen LogP contribution is 2.27. The van der Waals surface area contributed by atoms with Crippen molar-refractivity contribution in [3.05, 3.63) is 29.8 Å². The third-order valence-electron chi connectivity index (χ3n) is 3.64. The Labute approximate surface area is 128 Å². The predicted molar refractivity (Wildman–Crippen MR) is 89.2 cm³/mol. The van der Waals surface area contributed by atoms with Crippen LogP contribution in [0.1, 0.15) is 32.3 Å². The van der Waals surface area contributed by atoms with Crippen LogP contribution in [0.15, 0.2) is 29.3 Å². The van der Waals surface area contributed by atoms with Crippen LogP contribution in [0.3, 0.4) is 0 Å². The van der Waals surface area contributed by atoms with Gasteiger partial charge in [0, 0.05) is 38.5 Å². The van der Waals surface area contributed by atoms with Crippen molar-refractivity contribution in [2.45, 2.75) is 33.1 Å². The van der Waals surface area contributed by atoms with Gasteiger partial charge in [-0.1, -0.05) is 18.2 Å². The second-order valence-electron chi connectivity index (χ2n) is 5.17. The molecule has 0 aromatic heterocycles. The zero-order chi connectivity index (χ0) is 14.9. The highest BCUT2D eigenvalue weighted by atomic mass is 16.5. The van der Waals surface area contributed by atoms with E-state index in [-0.39, 0.29) is 0 Å². The number of nitrogens with one attached hydrogen (secondary N) is 1. The summed E-state index contributed by atoms with van der Waals surface area (Å²) in [5.41, 5.74) is 2.71. The smallest absolute Gasteiger partial charge is 0.198 e. The van der Waals surface area contributed by atoms with E-state index in [0.29, 0.717) is 0 Å². The van der Waals surface area contributed by atoms with E-state index in [1.165, 1.54) is 11.3 Å². The summed E-state index contributed by atoms with van der Waals surface area (Å²) in [7, 11) is 0. The first-order valence-electron chi connectivity index (χ1n) is 8.08. The molecule has 4 heteroatoms. The molecule has 1 aromatic rings. The maximum Gasteiger partial charge on any atom is 0.198 e. The summed E-state index contributed by atoms with van der Waals surface area (Å²) in [4.78, 5) is 7.07. The van der Waals surface area contributed by atoms with E-state index in [1.54, 1.807) is 0 Å². The molecule has 0 saturated carbocycles. The first-order chi connectivity index (χ1) is 10.4. The van der Waals surface area contributed by atoms with Gasteiger partial charge in [0.25, 0.3) is 0 Å². The molecule has 0 atom stereocenters. The van der Waals surface area contributed by atoms with Gasteiger partial charge >= 0.3 is 0 Å². The lowest BCUT2D eigenvalue weighted by atomic mass is 10.2. The zero-order valence-electron chi connectivity index (χ0n) is 13.3. The second kappa shape index (κ2) is 8.67. The van der Waals surface area contributed by atoms with Crippen LogP contribution in [0.5, 0.6) is 0 Å². The molecule has 0 amide bonds. The summed E-state index contributed by atoms with van der Waals surface area (Å²) in [5, 5.41) is 3.41. The number of fused-ring (bicyclic) bond motifs is 1. The summed E-state index contributed by atoms with van der Waals surface area (Å²) < 4.78 is 5.36. The maximum absolute atomic E-state index is 5.36. The maximum atomic E-state index is 5.36. The van der Waals surface area contributed by atoms with Crippen molar-refractivity contribution >= 4 is 11.6 Å². The largest absolute Gasteiger partial charge is 0.382 e. The summed E-state index contributed by atoms with van der Waals surface area (Å²) in [6.07, 6.45) is 3.25. The molecule has 1 aliphatic rings. The minimum atomic E-state index is 0.802. The minimum Gasteiger partial charge on any atom is -0.382 e. The van der Waals surface area contributed by atoms with Gasteiger partial charge in [-0.15, -0.1) is 0 Å². The highest BCUT2D eigenvalue weighted by Gasteiger charge is 2.21. The Bertz CT molecular complexity index is 459. The summed E-state index contributed by atoms with van der Waals surface area (Å²) >= 11 is 0. The molecule has 0 unspecified atom stereocenters. The average Bonchev–Trinajstić information content (AvgIpc) is 2.93. The van der Waals surface area contributed by atoms with E-state index < -0.39 is 0 Å². The molecule has 0 fully saturated rings. The fourth-order valence-corrected chi connectivity index (χ4v) is 2.60. The molecule has 0 radical (unpaired) electrons. The fourth-order valence-electron chi connectivity index (χ4n) is 2.60. The Morgan fingerprint density at radius 1 is 1.29 bits per heavy atom. The van der Waals surface area contributed by atoms with Gasteiger partial charge < -0.3 is 15.0 Å². The molecule has 4 nitrogen and oxygen atoms in total. The molecular weight excluding hydrogens is 262 g/mol. The molecule has 1 aromatic carbocycles. The molecule has 0 bridgehead atoms. The first kappa shape index (κ1) is 15.8. The van der Waals surface area contributed by atoms with Crippen LogP contribution in [-0.4, -0.2) is 38.8 Å². The Morgan fingerprint density at radius 2 is 2.14 bits per heavy atom. The lowest BCUT2D eigenvalue weighted by Crippen LogP contribution is -2.40. The Hall–Kier alpha value is -1.55. The number of hydrogen-bond acceptors (Lipinski definition) is 2. The van der Waals surface area contributed by atoms with Crippen LogP contribution < -0.4 is 10.2 Å². The number of ether oxygens (including phenoxy) is 1. The van der Waals surface area contributed by atoms with Crippen LogP contribution in [0.2, 0.25) is 0 Å². The summed E-state index contributed by atoms with van der Waals surface area (Å²) in [5.74, 6) is 1.01. The van der Waals surface area contributed by atoms with Crippen LogP contribution >= 0.6 is 0 Å². The summed E-state index contributed by atoms with van der Waals surface area (Å²) in [6.45, 7) is 8.57. The average molecular weight is 289 g/mol. The molecular formula is C17H27N3O. The SMILES string of the molecule is CCNC(=NCCCCOCC)N1CCc2ccccc21. The molecule has 2 rings (SSSR count). The topological polar surface area (TPSA) is 36.9 Å². The van der Waals surface area contributed by atoms with E-state index in [2.05, 4.69) is 41.4 Å². The van der Waals surface area contributed by atoms with Crippen molar-refractivity contribution in [2.24, 2.45) is 4.99 Å². The molecule has 0 aliphatic carbocycles. The second-order valence-corrected chi connectivity index (χ2v) is 5.17. The van der Waals surface area contributed by atoms with Crippen LogP contribution in [0.4, 0.5) is 5.69 Å². The van der Waals surface area contributed by atoms with Crippen molar-refractivity contribution in [3.8, 4) is 0 Å². The number of hydrogen-bond donors (Lipinski definition) is 1. The first-order valence-corrected chi connectivity index (χ1v) is 8.08. The highest BCUT2D eigenvalue weighted by molar-refractivity contribution is 5.97. The van der Waals surface area contributed by atoms with Gasteiger partial charge in [0.2, 0.25) is 0 Å². The molecule has 1 aliphatic heterocycles. The van der Waals surface area contributed by atoms with Gasteiger partial charge in [0.15, 0.2) is 5.96 Å². The third-order valence-corrected chi connectivity index (χ3v) is 3.64. The van der Waals surface area contributed by atoms with Crippen molar-refractivity contribution in [3.63, 3.8) is 0 Å². The molecule has 0 spiro atoms. The summed E-state index contributed by atoms with van der Waals surface area (Å²) in [6, 6.07) is 8.61. The zero-order valence-corrected chi connectivity index (χ0v) is 13.3. The number of benzene rings is 1. The third kappa shape index (κ3) is 4.46. The number of nitrogens with zero attached hydrogens (tertiary/aromatic N) is 2. The fraction of sp³-hybridized carbons (Fsp3) is 0.588. The van der Waals surface area contributed by atoms with Gasteiger partial charge in [-0.25, -0.2) is 0 Å². The minimum absolute atomic E-state index is 0.802. The lowest BCUT2D eigenvalue weighted by Gasteiger charge is -2.22. The van der Waals surface area contributed by atoms with E-state index in [4.69, 9.17) is 9.73 Å². The lowest BCUT2D eigenvalue weighted by molar-refractivity contribution is 0.144. The standard InChI is InChI=1S/C17H27N3O/c1-3-18-17(19-12-7-8-14-21-4-2)20-13-11-15-9-5-6-10-16(15)20/h5-6,9-10H,3-4,7-8,11-14H2,1-2H3,(H,18,19). The van der Waals surface area contributed by atoms with Crippen LogP contribution in [0, 0.1) is 0 Å². The monoisotopic (exact) mass is 289 g/mol. The Balaban J connectivity index is 1.93. The van der Waals surface area contributed by atoms with Gasteiger partial charge in [-0.05, 0) is 44.7 Å². The number of anilines is 1.